The summed E-state index contributed by atoms with van der Waals surface area (Å²) in [5.41, 5.74) is -0.471. The van der Waals surface area contributed by atoms with Crippen LogP contribution in [-0.2, 0) is 4.79 Å². The molecule has 1 amide bonds. The van der Waals surface area contributed by atoms with Crippen LogP contribution in [0.1, 0.15) is 30.1 Å². The van der Waals surface area contributed by atoms with Crippen molar-refractivity contribution in [3.05, 3.63) is 33.7 Å². The second-order valence-electron chi connectivity index (χ2n) is 4.61. The van der Waals surface area contributed by atoms with E-state index in [1.165, 1.54) is 21.9 Å². The molecule has 21 heavy (non-hydrogen) atoms. The number of rotatable bonds is 6. The summed E-state index contributed by atoms with van der Waals surface area (Å²) in [7, 11) is 0. The third-order valence-corrected chi connectivity index (χ3v) is 3.95. The fourth-order valence-corrected chi connectivity index (χ4v) is 2.60. The molecule has 0 radical (unpaired) electrons. The second kappa shape index (κ2) is 6.49. The molecule has 0 aromatic carbocycles. The van der Waals surface area contributed by atoms with Gasteiger partial charge in [0.05, 0.1) is 0 Å². The van der Waals surface area contributed by atoms with Crippen molar-refractivity contribution in [2.75, 3.05) is 6.54 Å². The van der Waals surface area contributed by atoms with Crippen molar-refractivity contribution in [2.45, 2.75) is 19.8 Å². The Balaban J connectivity index is 2.10. The van der Waals surface area contributed by atoms with Crippen molar-refractivity contribution >= 4 is 28.2 Å². The van der Waals surface area contributed by atoms with Gasteiger partial charge < -0.3 is 10.4 Å². The van der Waals surface area contributed by atoms with Crippen LogP contribution in [0.2, 0.25) is 0 Å². The van der Waals surface area contributed by atoms with Crippen molar-refractivity contribution in [3.8, 4) is 0 Å². The molecular weight excluding hydrogens is 294 g/mol. The molecule has 8 heteroatoms. The molecular formula is C13H15N3O4S. The molecule has 7 nitrogen and oxygen atoms in total. The number of amides is 1. The topological polar surface area (TPSA) is 101 Å². The summed E-state index contributed by atoms with van der Waals surface area (Å²) in [5.74, 6) is -1.60. The molecule has 2 N–H and O–H groups in total. The minimum atomic E-state index is -0.905. The Bertz CT molecular complexity index is 722. The summed E-state index contributed by atoms with van der Waals surface area (Å²) in [6.07, 6.45) is 3.43. The van der Waals surface area contributed by atoms with Gasteiger partial charge in [-0.05, 0) is 5.92 Å². The van der Waals surface area contributed by atoms with Crippen molar-refractivity contribution in [1.82, 2.24) is 14.7 Å². The number of carboxylic acid groups (broad SMARTS) is 1. The number of carbonyl (C=O) groups is 2. The molecule has 0 aliphatic heterocycles. The van der Waals surface area contributed by atoms with E-state index < -0.39 is 17.4 Å². The number of aromatic nitrogens is 2. The molecule has 0 aliphatic carbocycles. The summed E-state index contributed by atoms with van der Waals surface area (Å²) in [5, 5.41) is 13.1. The molecule has 2 heterocycles. The summed E-state index contributed by atoms with van der Waals surface area (Å²) >= 11 is 1.31. The first-order valence-electron chi connectivity index (χ1n) is 6.47. The Kier molecular flexibility index (Phi) is 4.69. The van der Waals surface area contributed by atoms with Gasteiger partial charge >= 0.3 is 5.97 Å². The Morgan fingerprint density at radius 1 is 1.52 bits per heavy atom. The molecule has 0 spiro atoms. The fourth-order valence-electron chi connectivity index (χ4n) is 1.92. The monoisotopic (exact) mass is 309 g/mol. The maximum atomic E-state index is 12.1. The zero-order chi connectivity index (χ0) is 15.4. The first-order valence-corrected chi connectivity index (χ1v) is 7.35. The number of fused-ring (bicyclic) bond motifs is 1. The van der Waals surface area contributed by atoms with Crippen LogP contribution in [-0.4, -0.2) is 32.9 Å². The molecule has 2 aromatic heterocycles. The van der Waals surface area contributed by atoms with E-state index in [0.29, 0.717) is 11.4 Å². The minimum Gasteiger partial charge on any atom is -0.481 e. The van der Waals surface area contributed by atoms with Crippen molar-refractivity contribution in [1.29, 1.82) is 0 Å². The maximum Gasteiger partial charge on any atom is 0.303 e. The molecule has 0 saturated heterocycles. The van der Waals surface area contributed by atoms with Gasteiger partial charge in [0.2, 0.25) is 0 Å². The average Bonchev–Trinajstić information content (AvgIpc) is 2.92. The smallest absolute Gasteiger partial charge is 0.303 e. The van der Waals surface area contributed by atoms with Gasteiger partial charge in [0.15, 0.2) is 4.96 Å². The lowest BCUT2D eigenvalue weighted by molar-refractivity contribution is -0.138. The highest BCUT2D eigenvalue weighted by atomic mass is 32.1. The van der Waals surface area contributed by atoms with Gasteiger partial charge in [0.25, 0.3) is 11.5 Å². The van der Waals surface area contributed by atoms with Gasteiger partial charge in [0, 0.05) is 30.7 Å². The highest BCUT2D eigenvalue weighted by molar-refractivity contribution is 7.15. The van der Waals surface area contributed by atoms with E-state index in [0.717, 1.165) is 0 Å². The van der Waals surface area contributed by atoms with Crippen LogP contribution in [0.5, 0.6) is 0 Å². The number of nitrogens with zero attached hydrogens (tertiary/aromatic N) is 2. The van der Waals surface area contributed by atoms with Crippen LogP contribution in [0, 0.1) is 5.92 Å². The second-order valence-corrected chi connectivity index (χ2v) is 5.49. The lowest BCUT2D eigenvalue weighted by Gasteiger charge is -2.13. The number of aliphatic carboxylic acids is 1. The van der Waals surface area contributed by atoms with E-state index in [2.05, 4.69) is 10.3 Å². The van der Waals surface area contributed by atoms with Crippen LogP contribution in [0.3, 0.4) is 0 Å². The van der Waals surface area contributed by atoms with E-state index in [-0.39, 0.29) is 24.4 Å². The van der Waals surface area contributed by atoms with Gasteiger partial charge in [-0.15, -0.1) is 11.3 Å². The van der Waals surface area contributed by atoms with Crippen LogP contribution < -0.4 is 10.9 Å². The van der Waals surface area contributed by atoms with E-state index >= 15 is 0 Å². The predicted octanol–water partition coefficient (Wildman–Crippen LogP) is 0.987. The summed E-state index contributed by atoms with van der Waals surface area (Å²) in [6.45, 7) is 2.07. The Hall–Kier alpha value is -2.22. The van der Waals surface area contributed by atoms with Gasteiger partial charge in [-0.25, -0.2) is 4.98 Å². The van der Waals surface area contributed by atoms with Crippen molar-refractivity contribution in [2.24, 2.45) is 5.92 Å². The van der Waals surface area contributed by atoms with Gasteiger partial charge in [0.1, 0.15) is 5.56 Å². The van der Waals surface area contributed by atoms with Crippen LogP contribution in [0.4, 0.5) is 0 Å². The van der Waals surface area contributed by atoms with E-state index in [1.54, 1.807) is 11.6 Å². The lowest BCUT2D eigenvalue weighted by atomic mass is 10.0. The number of thiazole rings is 1. The number of carboxylic acids is 1. The zero-order valence-electron chi connectivity index (χ0n) is 11.4. The molecule has 1 unspecified atom stereocenters. The molecule has 2 rings (SSSR count). The highest BCUT2D eigenvalue weighted by Gasteiger charge is 2.16. The molecule has 2 aromatic rings. The maximum absolute atomic E-state index is 12.1. The number of hydrogen-bond donors (Lipinski definition) is 2. The third kappa shape index (κ3) is 3.46. The summed E-state index contributed by atoms with van der Waals surface area (Å²) in [6, 6.07) is 0. The number of hydrogen-bond acceptors (Lipinski definition) is 5. The molecule has 0 aliphatic rings. The molecule has 112 valence electrons. The minimum absolute atomic E-state index is 0.0163. The average molecular weight is 309 g/mol. The van der Waals surface area contributed by atoms with Crippen LogP contribution >= 0.6 is 11.3 Å². The lowest BCUT2D eigenvalue weighted by Crippen LogP contribution is -2.34. The SMILES string of the molecule is CCC(CNC(=O)c1cnc2sccn2c1=O)CC(=O)O. The molecule has 0 saturated carbocycles. The van der Waals surface area contributed by atoms with Crippen molar-refractivity contribution < 1.29 is 14.7 Å². The van der Waals surface area contributed by atoms with Gasteiger partial charge in [-0.2, -0.15) is 0 Å². The molecule has 1 atom stereocenters. The first kappa shape index (κ1) is 15.2. The van der Waals surface area contributed by atoms with E-state index in [1.807, 2.05) is 6.92 Å². The molecule has 0 bridgehead atoms. The van der Waals surface area contributed by atoms with E-state index in [9.17, 15) is 14.4 Å². The van der Waals surface area contributed by atoms with Crippen LogP contribution in [0.25, 0.3) is 4.96 Å². The Morgan fingerprint density at radius 2 is 2.29 bits per heavy atom. The highest BCUT2D eigenvalue weighted by Crippen LogP contribution is 2.08. The van der Waals surface area contributed by atoms with Gasteiger partial charge in [-0.1, -0.05) is 13.3 Å². The quantitative estimate of drug-likeness (QED) is 0.828. The third-order valence-electron chi connectivity index (χ3n) is 3.18. The Morgan fingerprint density at radius 3 is 2.95 bits per heavy atom. The van der Waals surface area contributed by atoms with Gasteiger partial charge in [-0.3, -0.25) is 18.8 Å². The molecule has 0 fully saturated rings. The fraction of sp³-hybridized carbons (Fsp3) is 0.385. The Labute approximate surface area is 124 Å². The summed E-state index contributed by atoms with van der Waals surface area (Å²) in [4.78, 5) is 39.4. The predicted molar refractivity (Wildman–Crippen MR) is 77.7 cm³/mol. The normalized spacial score (nSPS) is 12.2. The summed E-state index contributed by atoms with van der Waals surface area (Å²) < 4.78 is 1.31. The zero-order valence-corrected chi connectivity index (χ0v) is 12.2. The number of carbonyl (C=O) groups excluding carboxylic acids is 1. The van der Waals surface area contributed by atoms with Crippen LogP contribution in [0.15, 0.2) is 22.6 Å². The largest absolute Gasteiger partial charge is 0.481 e. The first-order chi connectivity index (χ1) is 10.0. The standard InChI is InChI=1S/C13H15N3O4S/c1-2-8(5-10(17)18)6-14-11(19)9-7-15-13-16(12(9)20)3-4-21-13/h3-4,7-8H,2,5-6H2,1H3,(H,14,19)(H,17,18). The van der Waals surface area contributed by atoms with Crippen molar-refractivity contribution in [3.63, 3.8) is 0 Å². The van der Waals surface area contributed by atoms with E-state index in [4.69, 9.17) is 5.11 Å². The number of nitrogens with one attached hydrogen (secondary N) is 1.